The summed E-state index contributed by atoms with van der Waals surface area (Å²) in [7, 11) is 0. The third kappa shape index (κ3) is 4.21. The van der Waals surface area contributed by atoms with Crippen LogP contribution in [0.2, 0.25) is 5.02 Å². The van der Waals surface area contributed by atoms with Crippen LogP contribution in [0.15, 0.2) is 60.8 Å². The second kappa shape index (κ2) is 8.09. The molecule has 4 nitrogen and oxygen atoms in total. The van der Waals surface area contributed by atoms with Crippen LogP contribution >= 0.6 is 22.9 Å². The standard InChI is InChI=1S/C22H18ClN3OS/c1-14-19(13-21(27)26-20-12-17(23)9-10-24-20)28-22(25-14)11-16-7-4-6-15-5-2-3-8-18(15)16/h2-10,12H,11,13H2,1H3,(H,24,26,27). The lowest BCUT2D eigenvalue weighted by Gasteiger charge is -2.04. The minimum atomic E-state index is -0.127. The summed E-state index contributed by atoms with van der Waals surface area (Å²) >= 11 is 7.52. The van der Waals surface area contributed by atoms with E-state index in [1.807, 2.05) is 13.0 Å². The third-order valence-corrected chi connectivity index (χ3v) is 5.86. The van der Waals surface area contributed by atoms with Crippen LogP contribution in [-0.2, 0) is 17.6 Å². The molecule has 2 heterocycles. The van der Waals surface area contributed by atoms with Gasteiger partial charge in [-0.05, 0) is 35.4 Å². The maximum absolute atomic E-state index is 12.4. The van der Waals surface area contributed by atoms with Crippen molar-refractivity contribution in [3.8, 4) is 0 Å². The number of rotatable bonds is 5. The largest absolute Gasteiger partial charge is 0.310 e. The van der Waals surface area contributed by atoms with E-state index in [0.717, 1.165) is 22.0 Å². The van der Waals surface area contributed by atoms with Gasteiger partial charge in [0.25, 0.3) is 0 Å². The Balaban J connectivity index is 1.49. The van der Waals surface area contributed by atoms with Crippen LogP contribution < -0.4 is 5.32 Å². The maximum atomic E-state index is 12.4. The smallest absolute Gasteiger partial charge is 0.230 e. The van der Waals surface area contributed by atoms with E-state index in [9.17, 15) is 4.79 Å². The molecule has 0 aliphatic rings. The zero-order chi connectivity index (χ0) is 19.5. The van der Waals surface area contributed by atoms with Crippen LogP contribution in [0.3, 0.4) is 0 Å². The topological polar surface area (TPSA) is 54.9 Å². The second-order valence-electron chi connectivity index (χ2n) is 6.52. The van der Waals surface area contributed by atoms with Crippen molar-refractivity contribution in [2.45, 2.75) is 19.8 Å². The zero-order valence-corrected chi connectivity index (χ0v) is 16.8. The molecule has 1 amide bonds. The number of nitrogens with one attached hydrogen (secondary N) is 1. The zero-order valence-electron chi connectivity index (χ0n) is 15.3. The fourth-order valence-corrected chi connectivity index (χ4v) is 4.39. The molecule has 140 valence electrons. The fourth-order valence-electron chi connectivity index (χ4n) is 3.14. The van der Waals surface area contributed by atoms with E-state index in [1.54, 1.807) is 29.7 Å². The highest BCUT2D eigenvalue weighted by atomic mass is 35.5. The Morgan fingerprint density at radius 3 is 2.82 bits per heavy atom. The number of hydrogen-bond acceptors (Lipinski definition) is 4. The van der Waals surface area contributed by atoms with Crippen molar-refractivity contribution in [1.82, 2.24) is 9.97 Å². The summed E-state index contributed by atoms with van der Waals surface area (Å²) in [6, 6.07) is 18.0. The molecular weight excluding hydrogens is 390 g/mol. The first-order valence-electron chi connectivity index (χ1n) is 8.92. The number of nitrogens with zero attached hydrogens (tertiary/aromatic N) is 2. The normalized spacial score (nSPS) is 10.9. The molecule has 2 aromatic heterocycles. The third-order valence-electron chi connectivity index (χ3n) is 4.47. The number of fused-ring (bicyclic) bond motifs is 1. The van der Waals surface area contributed by atoms with Crippen molar-refractivity contribution in [2.75, 3.05) is 5.32 Å². The molecule has 0 aliphatic carbocycles. The number of pyridine rings is 1. The number of hydrogen-bond donors (Lipinski definition) is 1. The molecule has 6 heteroatoms. The van der Waals surface area contributed by atoms with E-state index < -0.39 is 0 Å². The lowest BCUT2D eigenvalue weighted by Crippen LogP contribution is -2.15. The molecule has 0 bridgehead atoms. The Bertz CT molecular complexity index is 1150. The highest BCUT2D eigenvalue weighted by Crippen LogP contribution is 2.25. The van der Waals surface area contributed by atoms with Gasteiger partial charge in [0, 0.05) is 22.5 Å². The second-order valence-corrected chi connectivity index (χ2v) is 8.12. The Morgan fingerprint density at radius 2 is 1.96 bits per heavy atom. The van der Waals surface area contributed by atoms with Gasteiger partial charge in [-0.15, -0.1) is 11.3 Å². The molecule has 4 aromatic rings. The first-order valence-corrected chi connectivity index (χ1v) is 10.1. The van der Waals surface area contributed by atoms with E-state index in [1.165, 1.54) is 16.3 Å². The SMILES string of the molecule is Cc1nc(Cc2cccc3ccccc23)sc1CC(=O)Nc1cc(Cl)ccn1. The van der Waals surface area contributed by atoms with Crippen molar-refractivity contribution in [3.63, 3.8) is 0 Å². The van der Waals surface area contributed by atoms with Crippen molar-refractivity contribution in [1.29, 1.82) is 0 Å². The first-order chi connectivity index (χ1) is 13.6. The van der Waals surface area contributed by atoms with E-state index in [0.29, 0.717) is 10.8 Å². The minimum absolute atomic E-state index is 0.127. The Kier molecular flexibility index (Phi) is 5.37. The highest BCUT2D eigenvalue weighted by molar-refractivity contribution is 7.11. The van der Waals surface area contributed by atoms with E-state index in [2.05, 4.69) is 51.7 Å². The van der Waals surface area contributed by atoms with Crippen LogP contribution in [0.5, 0.6) is 0 Å². The monoisotopic (exact) mass is 407 g/mol. The van der Waals surface area contributed by atoms with Crippen molar-refractivity contribution in [3.05, 3.63) is 87.0 Å². The number of aromatic nitrogens is 2. The van der Waals surface area contributed by atoms with Crippen LogP contribution in [-0.4, -0.2) is 15.9 Å². The Labute approximate surface area is 172 Å². The lowest BCUT2D eigenvalue weighted by atomic mass is 10.0. The number of amides is 1. The van der Waals surface area contributed by atoms with Gasteiger partial charge in [0.2, 0.25) is 5.91 Å². The molecule has 0 atom stereocenters. The van der Waals surface area contributed by atoms with Gasteiger partial charge < -0.3 is 5.32 Å². The predicted molar refractivity (Wildman–Crippen MR) is 115 cm³/mol. The molecule has 28 heavy (non-hydrogen) atoms. The maximum Gasteiger partial charge on any atom is 0.230 e. The molecule has 4 rings (SSSR count). The summed E-state index contributed by atoms with van der Waals surface area (Å²) in [5, 5.41) is 6.80. The van der Waals surface area contributed by atoms with Gasteiger partial charge in [-0.3, -0.25) is 4.79 Å². The van der Waals surface area contributed by atoms with Crippen molar-refractivity contribution in [2.24, 2.45) is 0 Å². The molecule has 0 saturated heterocycles. The number of benzene rings is 2. The number of aryl methyl sites for hydroxylation is 1. The Morgan fingerprint density at radius 1 is 1.14 bits per heavy atom. The molecule has 2 aromatic carbocycles. The first kappa shape index (κ1) is 18.6. The number of carbonyl (C=O) groups is 1. The number of carbonyl (C=O) groups excluding carboxylic acids is 1. The predicted octanol–water partition coefficient (Wildman–Crippen LogP) is 5.43. The molecule has 0 unspecified atom stereocenters. The van der Waals surface area contributed by atoms with Gasteiger partial charge in [0.15, 0.2) is 0 Å². The van der Waals surface area contributed by atoms with Gasteiger partial charge in [0.05, 0.1) is 17.1 Å². The minimum Gasteiger partial charge on any atom is -0.310 e. The molecule has 0 aliphatic heterocycles. The lowest BCUT2D eigenvalue weighted by molar-refractivity contribution is -0.115. The molecule has 0 radical (unpaired) electrons. The van der Waals surface area contributed by atoms with Crippen molar-refractivity contribution < 1.29 is 4.79 Å². The summed E-state index contributed by atoms with van der Waals surface area (Å²) < 4.78 is 0. The summed E-state index contributed by atoms with van der Waals surface area (Å²) in [4.78, 5) is 22.1. The molecule has 0 fully saturated rings. The van der Waals surface area contributed by atoms with E-state index in [-0.39, 0.29) is 12.3 Å². The summed E-state index contributed by atoms with van der Waals surface area (Å²) in [6.07, 6.45) is 2.59. The van der Waals surface area contributed by atoms with Crippen LogP contribution in [0.1, 0.15) is 21.1 Å². The van der Waals surface area contributed by atoms with Crippen LogP contribution in [0.4, 0.5) is 5.82 Å². The van der Waals surface area contributed by atoms with Gasteiger partial charge in [-0.2, -0.15) is 0 Å². The van der Waals surface area contributed by atoms with E-state index in [4.69, 9.17) is 11.6 Å². The number of halogens is 1. The summed E-state index contributed by atoms with van der Waals surface area (Å²) in [5.74, 6) is 0.328. The van der Waals surface area contributed by atoms with Crippen LogP contribution in [0, 0.1) is 6.92 Å². The Hall–Kier alpha value is -2.76. The van der Waals surface area contributed by atoms with Gasteiger partial charge in [-0.25, -0.2) is 9.97 Å². The van der Waals surface area contributed by atoms with Gasteiger partial charge in [-0.1, -0.05) is 54.1 Å². The molecular formula is C22H18ClN3OS. The number of anilines is 1. The molecule has 0 spiro atoms. The van der Waals surface area contributed by atoms with Crippen LogP contribution in [0.25, 0.3) is 10.8 Å². The van der Waals surface area contributed by atoms with Crippen molar-refractivity contribution >= 4 is 45.4 Å². The molecule has 0 saturated carbocycles. The fraction of sp³-hybridized carbons (Fsp3) is 0.136. The van der Waals surface area contributed by atoms with Gasteiger partial charge in [0.1, 0.15) is 5.82 Å². The number of thiazole rings is 1. The highest BCUT2D eigenvalue weighted by Gasteiger charge is 2.14. The van der Waals surface area contributed by atoms with E-state index >= 15 is 0 Å². The quantitative estimate of drug-likeness (QED) is 0.480. The molecule has 1 N–H and O–H groups in total. The van der Waals surface area contributed by atoms with Gasteiger partial charge >= 0.3 is 0 Å². The average Bonchev–Trinajstić information content (AvgIpc) is 3.01. The average molecular weight is 408 g/mol. The summed E-state index contributed by atoms with van der Waals surface area (Å²) in [5.41, 5.74) is 2.14. The summed E-state index contributed by atoms with van der Waals surface area (Å²) in [6.45, 7) is 1.95.